The highest BCUT2D eigenvalue weighted by Crippen LogP contribution is 2.25. The maximum Gasteiger partial charge on any atom is 0.350 e. The third kappa shape index (κ3) is 3.55. The number of anilines is 1. The fourth-order valence-corrected chi connectivity index (χ4v) is 1.47. The van der Waals surface area contributed by atoms with E-state index in [-0.39, 0.29) is 17.9 Å². The third-order valence-corrected chi connectivity index (χ3v) is 2.49. The van der Waals surface area contributed by atoms with Crippen LogP contribution in [0.4, 0.5) is 11.4 Å². The number of nitrogens with one attached hydrogen (secondary N) is 1. The van der Waals surface area contributed by atoms with Crippen molar-refractivity contribution in [3.05, 3.63) is 45.6 Å². The number of rotatable bonds is 5. The molecule has 1 aromatic carbocycles. The Balaban J connectivity index is 2.99. The van der Waals surface area contributed by atoms with E-state index in [1.165, 1.54) is 18.3 Å². The molecule has 0 saturated heterocycles. The van der Waals surface area contributed by atoms with Gasteiger partial charge in [-0.05, 0) is 19.9 Å². The fraction of sp³-hybridized carbons (Fsp3) is 0.231. The van der Waals surface area contributed by atoms with Crippen molar-refractivity contribution in [3.63, 3.8) is 0 Å². The molecule has 1 rings (SSSR count). The van der Waals surface area contributed by atoms with Crippen molar-refractivity contribution in [2.24, 2.45) is 0 Å². The van der Waals surface area contributed by atoms with Crippen molar-refractivity contribution in [1.29, 1.82) is 5.26 Å². The van der Waals surface area contributed by atoms with E-state index in [0.29, 0.717) is 11.3 Å². The van der Waals surface area contributed by atoms with Crippen molar-refractivity contribution in [2.45, 2.75) is 13.8 Å². The molecule has 0 aromatic heterocycles. The third-order valence-electron chi connectivity index (χ3n) is 2.49. The summed E-state index contributed by atoms with van der Waals surface area (Å²) in [6.45, 7) is 3.36. The van der Waals surface area contributed by atoms with Gasteiger partial charge in [-0.2, -0.15) is 5.26 Å². The number of esters is 1. The lowest BCUT2D eigenvalue weighted by Gasteiger charge is -2.06. The number of hydrogen-bond donors (Lipinski definition) is 1. The second kappa shape index (κ2) is 6.89. The second-order valence-corrected chi connectivity index (χ2v) is 3.74. The van der Waals surface area contributed by atoms with Gasteiger partial charge in [0.25, 0.3) is 5.69 Å². The van der Waals surface area contributed by atoms with Crippen molar-refractivity contribution < 1.29 is 14.5 Å². The van der Waals surface area contributed by atoms with E-state index in [4.69, 9.17) is 10.00 Å². The summed E-state index contributed by atoms with van der Waals surface area (Å²) in [5.74, 6) is -0.745. The predicted octanol–water partition coefficient (Wildman–Crippen LogP) is 2.29. The molecule has 0 aliphatic carbocycles. The maximum atomic E-state index is 11.4. The molecule has 0 radical (unpaired) electrons. The number of nitrogens with zero attached hydrogens (tertiary/aromatic N) is 2. The van der Waals surface area contributed by atoms with Gasteiger partial charge in [0.1, 0.15) is 6.07 Å². The molecular formula is C13H13N3O4. The van der Waals surface area contributed by atoms with Crippen LogP contribution in [0.1, 0.15) is 12.5 Å². The van der Waals surface area contributed by atoms with Crippen LogP contribution >= 0.6 is 0 Å². The quantitative estimate of drug-likeness (QED) is 0.290. The Morgan fingerprint density at radius 1 is 1.60 bits per heavy atom. The zero-order chi connectivity index (χ0) is 15.1. The monoisotopic (exact) mass is 275 g/mol. The van der Waals surface area contributed by atoms with Crippen LogP contribution in [0.2, 0.25) is 0 Å². The van der Waals surface area contributed by atoms with Crippen LogP contribution < -0.4 is 5.32 Å². The highest BCUT2D eigenvalue weighted by Gasteiger charge is 2.14. The molecule has 0 saturated carbocycles. The first kappa shape index (κ1) is 15.2. The second-order valence-electron chi connectivity index (χ2n) is 3.74. The van der Waals surface area contributed by atoms with Crippen LogP contribution in [0.3, 0.4) is 0 Å². The van der Waals surface area contributed by atoms with Crippen LogP contribution in [0, 0.1) is 28.4 Å². The van der Waals surface area contributed by atoms with E-state index in [2.05, 4.69) is 5.32 Å². The first-order valence-electron chi connectivity index (χ1n) is 5.79. The van der Waals surface area contributed by atoms with Crippen LogP contribution in [-0.4, -0.2) is 17.5 Å². The van der Waals surface area contributed by atoms with Crippen molar-refractivity contribution in [2.75, 3.05) is 11.9 Å². The molecule has 0 unspecified atom stereocenters. The molecule has 7 nitrogen and oxygen atoms in total. The Kier molecular flexibility index (Phi) is 5.23. The molecule has 104 valence electrons. The lowest BCUT2D eigenvalue weighted by Crippen LogP contribution is -2.08. The number of carbonyl (C=O) groups is 1. The van der Waals surface area contributed by atoms with Gasteiger partial charge in [0.15, 0.2) is 5.57 Å². The van der Waals surface area contributed by atoms with Gasteiger partial charge in [0.05, 0.1) is 17.1 Å². The number of benzene rings is 1. The molecule has 0 aliphatic rings. The Morgan fingerprint density at radius 3 is 2.85 bits per heavy atom. The molecular weight excluding hydrogens is 262 g/mol. The summed E-state index contributed by atoms with van der Waals surface area (Å²) in [7, 11) is 0. The summed E-state index contributed by atoms with van der Waals surface area (Å²) in [6, 6.07) is 6.20. The first-order valence-corrected chi connectivity index (χ1v) is 5.79. The van der Waals surface area contributed by atoms with Crippen LogP contribution in [0.5, 0.6) is 0 Å². The van der Waals surface area contributed by atoms with E-state index < -0.39 is 10.9 Å². The predicted molar refractivity (Wildman–Crippen MR) is 71.8 cm³/mol. The molecule has 0 fully saturated rings. The zero-order valence-corrected chi connectivity index (χ0v) is 11.0. The minimum Gasteiger partial charge on any atom is -0.462 e. The largest absolute Gasteiger partial charge is 0.462 e. The summed E-state index contributed by atoms with van der Waals surface area (Å²) in [5, 5.41) is 22.4. The molecule has 1 aromatic rings. The molecule has 0 heterocycles. The highest BCUT2D eigenvalue weighted by atomic mass is 16.6. The van der Waals surface area contributed by atoms with Crippen molar-refractivity contribution in [1.82, 2.24) is 0 Å². The van der Waals surface area contributed by atoms with Crippen LogP contribution in [0.15, 0.2) is 30.0 Å². The van der Waals surface area contributed by atoms with E-state index in [1.54, 1.807) is 26.0 Å². The first-order chi connectivity index (χ1) is 9.51. The summed E-state index contributed by atoms with van der Waals surface area (Å²) < 4.78 is 4.70. The van der Waals surface area contributed by atoms with Gasteiger partial charge in [0, 0.05) is 18.0 Å². The van der Waals surface area contributed by atoms with E-state index in [9.17, 15) is 14.9 Å². The van der Waals surface area contributed by atoms with Crippen LogP contribution in [0.25, 0.3) is 0 Å². The lowest BCUT2D eigenvalue weighted by atomic mass is 10.1. The zero-order valence-electron chi connectivity index (χ0n) is 11.0. The number of ether oxygens (including phenoxy) is 1. The Bertz CT molecular complexity index is 602. The van der Waals surface area contributed by atoms with Gasteiger partial charge < -0.3 is 10.1 Å². The van der Waals surface area contributed by atoms with Crippen molar-refractivity contribution in [3.8, 4) is 6.07 Å². The van der Waals surface area contributed by atoms with E-state index in [0.717, 1.165) is 0 Å². The van der Waals surface area contributed by atoms with Crippen molar-refractivity contribution >= 4 is 17.3 Å². The van der Waals surface area contributed by atoms with E-state index >= 15 is 0 Å². The topological polar surface area (TPSA) is 105 Å². The standard InChI is InChI=1S/C13H13N3O4/c1-3-20-13(17)10(7-14)8-15-11-5-4-6-12(9(11)2)16(18)19/h4-6,8,15H,3H2,1-2H3/b10-8-. The number of nitro benzene ring substituents is 1. The maximum absolute atomic E-state index is 11.4. The summed E-state index contributed by atoms with van der Waals surface area (Å²) in [5.41, 5.74) is 0.599. The molecule has 7 heteroatoms. The van der Waals surface area contributed by atoms with Gasteiger partial charge in [0.2, 0.25) is 0 Å². The number of nitriles is 1. The van der Waals surface area contributed by atoms with E-state index in [1.807, 2.05) is 0 Å². The number of nitro groups is 1. The molecule has 0 spiro atoms. The van der Waals surface area contributed by atoms with Gasteiger partial charge in [-0.25, -0.2) is 4.79 Å². The van der Waals surface area contributed by atoms with Gasteiger partial charge in [-0.1, -0.05) is 6.07 Å². The Morgan fingerprint density at radius 2 is 2.30 bits per heavy atom. The number of hydrogen-bond acceptors (Lipinski definition) is 6. The smallest absolute Gasteiger partial charge is 0.350 e. The highest BCUT2D eigenvalue weighted by molar-refractivity contribution is 5.93. The SMILES string of the molecule is CCOC(=O)/C(C#N)=C\Nc1cccc([N+](=O)[O-])c1C. The molecule has 1 N–H and O–H groups in total. The average Bonchev–Trinajstić information content (AvgIpc) is 2.41. The Labute approximate surface area is 115 Å². The lowest BCUT2D eigenvalue weighted by molar-refractivity contribution is -0.385. The average molecular weight is 275 g/mol. The normalized spacial score (nSPS) is 10.6. The molecule has 0 aliphatic heterocycles. The summed E-state index contributed by atoms with van der Waals surface area (Å²) in [6.07, 6.45) is 1.17. The fourth-order valence-electron chi connectivity index (χ4n) is 1.47. The minimum atomic E-state index is -0.745. The van der Waals surface area contributed by atoms with Gasteiger partial charge >= 0.3 is 5.97 Å². The molecule has 0 atom stereocenters. The summed E-state index contributed by atoms with van der Waals surface area (Å²) >= 11 is 0. The molecule has 0 bridgehead atoms. The Hall–Kier alpha value is -2.88. The van der Waals surface area contributed by atoms with Gasteiger partial charge in [-0.15, -0.1) is 0 Å². The number of carbonyl (C=O) groups excluding carboxylic acids is 1. The summed E-state index contributed by atoms with van der Waals surface area (Å²) in [4.78, 5) is 21.7. The molecule has 0 amide bonds. The molecule has 20 heavy (non-hydrogen) atoms. The minimum absolute atomic E-state index is 0.0435. The van der Waals surface area contributed by atoms with Crippen LogP contribution in [-0.2, 0) is 9.53 Å². The van der Waals surface area contributed by atoms with Gasteiger partial charge in [-0.3, -0.25) is 10.1 Å².